The highest BCUT2D eigenvalue weighted by molar-refractivity contribution is 7.92. The maximum atomic E-state index is 13.0. The second-order valence-corrected chi connectivity index (χ2v) is 7.63. The fraction of sp³-hybridized carbons (Fsp3) is 0.176. The molecule has 2 rings (SSSR count). The molecule has 2 aromatic rings. The van der Waals surface area contributed by atoms with Crippen LogP contribution in [0, 0.1) is 0 Å². The fourth-order valence-corrected chi connectivity index (χ4v) is 4.03. The summed E-state index contributed by atoms with van der Waals surface area (Å²) in [6, 6.07) is 11.5. The first-order chi connectivity index (χ1) is 12.2. The molecule has 2 aromatic carbocycles. The van der Waals surface area contributed by atoms with Crippen molar-refractivity contribution in [1.29, 1.82) is 0 Å². The van der Waals surface area contributed by atoms with Gasteiger partial charge in [-0.3, -0.25) is 9.10 Å². The van der Waals surface area contributed by atoms with E-state index in [-0.39, 0.29) is 40.6 Å². The van der Waals surface area contributed by atoms with Gasteiger partial charge in [-0.2, -0.15) is 0 Å². The predicted molar refractivity (Wildman–Crippen MR) is 96.3 cm³/mol. The molecule has 0 atom stereocenters. The number of benzene rings is 2. The zero-order valence-electron chi connectivity index (χ0n) is 13.5. The van der Waals surface area contributed by atoms with Gasteiger partial charge in [-0.25, -0.2) is 13.2 Å². The highest BCUT2D eigenvalue weighted by atomic mass is 35.5. The third-order valence-corrected chi connectivity index (χ3v) is 5.72. The quantitative estimate of drug-likeness (QED) is 0.707. The highest BCUT2D eigenvalue weighted by Gasteiger charge is 2.26. The van der Waals surface area contributed by atoms with E-state index in [0.717, 1.165) is 10.4 Å². The summed E-state index contributed by atoms with van der Waals surface area (Å²) in [5.74, 6) is -2.34. The molecule has 9 heteroatoms. The average molecular weight is 398 g/mol. The Morgan fingerprint density at radius 3 is 2.27 bits per heavy atom. The van der Waals surface area contributed by atoms with Gasteiger partial charge in [0.15, 0.2) is 0 Å². The molecule has 0 saturated heterocycles. The van der Waals surface area contributed by atoms with E-state index in [1.807, 2.05) is 0 Å². The van der Waals surface area contributed by atoms with Crippen LogP contribution < -0.4 is 4.31 Å². The summed E-state index contributed by atoms with van der Waals surface area (Å²) < 4.78 is 26.9. The minimum atomic E-state index is -4.00. The van der Waals surface area contributed by atoms with Crippen molar-refractivity contribution in [1.82, 2.24) is 0 Å². The molecule has 0 heterocycles. The lowest BCUT2D eigenvalue weighted by Gasteiger charge is -2.25. The molecule has 0 amide bonds. The van der Waals surface area contributed by atoms with Crippen molar-refractivity contribution in [2.45, 2.75) is 17.7 Å². The van der Waals surface area contributed by atoms with Crippen LogP contribution in [0.2, 0.25) is 5.02 Å². The molecule has 138 valence electrons. The smallest absolute Gasteiger partial charge is 0.337 e. The minimum absolute atomic E-state index is 0.0159. The second-order valence-electron chi connectivity index (χ2n) is 5.36. The summed E-state index contributed by atoms with van der Waals surface area (Å²) in [7, 11) is -4.00. The van der Waals surface area contributed by atoms with E-state index in [9.17, 15) is 23.1 Å². The van der Waals surface area contributed by atoms with Gasteiger partial charge in [-0.05, 0) is 36.8 Å². The molecule has 0 aliphatic rings. The number of carbonyl (C=O) groups is 2. The van der Waals surface area contributed by atoms with Gasteiger partial charge < -0.3 is 10.2 Å². The van der Waals surface area contributed by atoms with Gasteiger partial charge in [0.25, 0.3) is 10.0 Å². The van der Waals surface area contributed by atoms with Crippen LogP contribution in [0.15, 0.2) is 53.4 Å². The molecular formula is C17H16ClNO6S. The highest BCUT2D eigenvalue weighted by Crippen LogP contribution is 2.28. The van der Waals surface area contributed by atoms with Crippen LogP contribution in [-0.4, -0.2) is 37.1 Å². The Balaban J connectivity index is 2.49. The van der Waals surface area contributed by atoms with E-state index in [2.05, 4.69) is 0 Å². The first-order valence-electron chi connectivity index (χ1n) is 7.56. The van der Waals surface area contributed by atoms with Crippen molar-refractivity contribution < 1.29 is 28.2 Å². The molecule has 0 fully saturated rings. The number of carboxylic acids is 2. The lowest BCUT2D eigenvalue weighted by atomic mass is 10.2. The van der Waals surface area contributed by atoms with Gasteiger partial charge in [0.05, 0.1) is 21.2 Å². The van der Waals surface area contributed by atoms with E-state index < -0.39 is 22.0 Å². The third kappa shape index (κ3) is 4.53. The molecule has 0 radical (unpaired) electrons. The van der Waals surface area contributed by atoms with Crippen LogP contribution in [0.25, 0.3) is 0 Å². The largest absolute Gasteiger partial charge is 0.481 e. The SMILES string of the molecule is O=C(O)CCCN(c1ccc(Cl)c(C(=O)O)c1)S(=O)(=O)c1ccccc1. The van der Waals surface area contributed by atoms with Gasteiger partial charge in [0.2, 0.25) is 0 Å². The van der Waals surface area contributed by atoms with Crippen molar-refractivity contribution in [2.75, 3.05) is 10.8 Å². The monoisotopic (exact) mass is 397 g/mol. The van der Waals surface area contributed by atoms with Crippen LogP contribution in [0.4, 0.5) is 5.69 Å². The Morgan fingerprint density at radius 1 is 1.04 bits per heavy atom. The van der Waals surface area contributed by atoms with E-state index >= 15 is 0 Å². The number of aromatic carboxylic acids is 1. The Bertz CT molecular complexity index is 914. The predicted octanol–water partition coefficient (Wildman–Crippen LogP) is 3.10. The first kappa shape index (κ1) is 19.7. The summed E-state index contributed by atoms with van der Waals surface area (Å²) >= 11 is 5.85. The lowest BCUT2D eigenvalue weighted by molar-refractivity contribution is -0.137. The van der Waals surface area contributed by atoms with E-state index in [0.29, 0.717) is 0 Å². The number of hydrogen-bond donors (Lipinski definition) is 2. The van der Waals surface area contributed by atoms with Crippen LogP contribution in [-0.2, 0) is 14.8 Å². The molecule has 0 saturated carbocycles. The maximum absolute atomic E-state index is 13.0. The number of anilines is 1. The summed E-state index contributed by atoms with van der Waals surface area (Å²) in [5.41, 5.74) is -0.142. The lowest BCUT2D eigenvalue weighted by Crippen LogP contribution is -2.32. The molecule has 0 aliphatic heterocycles. The minimum Gasteiger partial charge on any atom is -0.481 e. The number of hydrogen-bond acceptors (Lipinski definition) is 4. The van der Waals surface area contributed by atoms with Crippen LogP contribution in [0.1, 0.15) is 23.2 Å². The molecule has 0 spiro atoms. The molecular weight excluding hydrogens is 382 g/mol. The number of aliphatic carboxylic acids is 1. The normalized spacial score (nSPS) is 11.1. The standard InChI is InChI=1S/C17H16ClNO6S/c18-15-9-8-12(11-14(15)17(22)23)19(10-4-7-16(20)21)26(24,25)13-5-2-1-3-6-13/h1-3,5-6,8-9,11H,4,7,10H2,(H,20,21)(H,22,23). The zero-order valence-corrected chi connectivity index (χ0v) is 15.1. The van der Waals surface area contributed by atoms with Gasteiger partial charge >= 0.3 is 11.9 Å². The number of nitrogens with zero attached hydrogens (tertiary/aromatic N) is 1. The Kier molecular flexibility index (Phi) is 6.23. The van der Waals surface area contributed by atoms with Gasteiger partial charge in [-0.1, -0.05) is 29.8 Å². The van der Waals surface area contributed by atoms with Gasteiger partial charge in [0, 0.05) is 13.0 Å². The fourth-order valence-electron chi connectivity index (χ4n) is 2.31. The number of halogens is 1. The molecule has 0 bridgehead atoms. The van der Waals surface area contributed by atoms with Crippen molar-refractivity contribution in [3.05, 3.63) is 59.1 Å². The Morgan fingerprint density at radius 2 is 1.69 bits per heavy atom. The third-order valence-electron chi connectivity index (χ3n) is 3.55. The Hall–Kier alpha value is -2.58. The van der Waals surface area contributed by atoms with Crippen molar-refractivity contribution in [3.8, 4) is 0 Å². The Labute approximate surface area is 155 Å². The second kappa shape index (κ2) is 8.20. The van der Waals surface area contributed by atoms with Crippen LogP contribution in [0.5, 0.6) is 0 Å². The molecule has 26 heavy (non-hydrogen) atoms. The zero-order chi connectivity index (χ0) is 19.3. The number of sulfonamides is 1. The molecule has 0 aliphatic carbocycles. The summed E-state index contributed by atoms with van der Waals surface area (Å²) in [6.45, 7) is -0.121. The number of rotatable bonds is 8. The summed E-state index contributed by atoms with van der Waals surface area (Å²) in [5, 5.41) is 18.0. The van der Waals surface area contributed by atoms with Gasteiger partial charge in [0.1, 0.15) is 0 Å². The van der Waals surface area contributed by atoms with Crippen molar-refractivity contribution in [2.24, 2.45) is 0 Å². The topological polar surface area (TPSA) is 112 Å². The molecule has 2 N–H and O–H groups in total. The molecule has 0 unspecified atom stereocenters. The summed E-state index contributed by atoms with van der Waals surface area (Å²) in [6.07, 6.45) is -0.160. The average Bonchev–Trinajstić information content (AvgIpc) is 2.59. The van der Waals surface area contributed by atoms with Gasteiger partial charge in [-0.15, -0.1) is 0 Å². The first-order valence-corrected chi connectivity index (χ1v) is 9.37. The van der Waals surface area contributed by atoms with Crippen molar-refractivity contribution >= 4 is 39.3 Å². The van der Waals surface area contributed by atoms with E-state index in [4.69, 9.17) is 16.7 Å². The number of carboxylic acid groups (broad SMARTS) is 2. The summed E-state index contributed by atoms with van der Waals surface area (Å²) in [4.78, 5) is 22.1. The van der Waals surface area contributed by atoms with E-state index in [1.54, 1.807) is 18.2 Å². The van der Waals surface area contributed by atoms with Crippen LogP contribution >= 0.6 is 11.6 Å². The van der Waals surface area contributed by atoms with E-state index in [1.165, 1.54) is 24.3 Å². The molecule has 0 aromatic heterocycles. The maximum Gasteiger partial charge on any atom is 0.337 e. The van der Waals surface area contributed by atoms with Crippen LogP contribution in [0.3, 0.4) is 0 Å². The molecule has 7 nitrogen and oxygen atoms in total. The van der Waals surface area contributed by atoms with Crippen molar-refractivity contribution in [3.63, 3.8) is 0 Å².